The zero-order valence-electron chi connectivity index (χ0n) is 19.5. The lowest BCUT2D eigenvalue weighted by molar-refractivity contribution is 0.0964. The van der Waals surface area contributed by atoms with E-state index in [1.165, 1.54) is 5.56 Å². The number of furan rings is 1. The Morgan fingerprint density at radius 1 is 1.06 bits per heavy atom. The Kier molecular flexibility index (Phi) is 5.67. The van der Waals surface area contributed by atoms with Crippen molar-refractivity contribution in [2.75, 3.05) is 19.0 Å². The van der Waals surface area contributed by atoms with Crippen molar-refractivity contribution in [1.82, 2.24) is 5.32 Å². The number of amides is 1. The first-order valence-electron chi connectivity index (χ1n) is 11.5. The number of benzene rings is 3. The molecule has 172 valence electrons. The molecular weight excluding hydrogens is 427 g/mol. The van der Waals surface area contributed by atoms with Gasteiger partial charge in [0.1, 0.15) is 11.3 Å². The molecule has 0 aliphatic heterocycles. The Balaban J connectivity index is 1.67. The summed E-state index contributed by atoms with van der Waals surface area (Å²) in [5.41, 5.74) is 6.77. The molecule has 0 spiro atoms. The number of fused-ring (bicyclic) bond motifs is 1. The molecule has 1 saturated carbocycles. The fourth-order valence-corrected chi connectivity index (χ4v) is 4.43. The zero-order chi connectivity index (χ0) is 24.0. The first kappa shape index (κ1) is 22.3. The van der Waals surface area contributed by atoms with E-state index in [-0.39, 0.29) is 5.91 Å². The molecule has 0 bridgehead atoms. The van der Waals surface area contributed by atoms with Crippen LogP contribution < -0.4 is 15.7 Å². The van der Waals surface area contributed by atoms with Crippen molar-refractivity contribution in [3.05, 3.63) is 77.4 Å². The number of carbonyl (C=O) groups excluding carboxylic acids is 1. The van der Waals surface area contributed by atoms with Gasteiger partial charge in [-0.05, 0) is 54.9 Å². The Morgan fingerprint density at radius 2 is 1.74 bits per heavy atom. The third-order valence-corrected chi connectivity index (χ3v) is 6.56. The maximum atomic E-state index is 13.0. The van der Waals surface area contributed by atoms with Crippen LogP contribution in [0.5, 0.6) is 0 Å². The van der Waals surface area contributed by atoms with Gasteiger partial charge in [0.15, 0.2) is 0 Å². The molecule has 1 aromatic heterocycles. The second-order valence-electron chi connectivity index (χ2n) is 8.96. The van der Waals surface area contributed by atoms with Crippen molar-refractivity contribution in [2.45, 2.75) is 25.7 Å². The van der Waals surface area contributed by atoms with E-state index in [1.54, 1.807) is 19.2 Å². The van der Waals surface area contributed by atoms with Crippen LogP contribution in [-0.2, 0) is 0 Å². The third kappa shape index (κ3) is 3.98. The predicted octanol–water partition coefficient (Wildman–Crippen LogP) is 4.09. The van der Waals surface area contributed by atoms with E-state index in [4.69, 9.17) is 4.42 Å². The second kappa shape index (κ2) is 8.67. The third-order valence-electron chi connectivity index (χ3n) is 6.56. The Morgan fingerprint density at radius 3 is 2.32 bits per heavy atom. The van der Waals surface area contributed by atoms with Crippen LogP contribution in [0.2, 0.25) is 0 Å². The predicted molar refractivity (Wildman–Crippen MR) is 136 cm³/mol. The molecule has 3 N–H and O–H groups in total. The van der Waals surface area contributed by atoms with E-state index in [0.717, 1.165) is 40.7 Å². The highest BCUT2D eigenvalue weighted by Crippen LogP contribution is 2.48. The quantitative estimate of drug-likeness (QED) is 0.382. The van der Waals surface area contributed by atoms with Crippen LogP contribution >= 0.6 is 0 Å². The normalized spacial score (nSPS) is 13.2. The number of hydrogen-bond donors (Lipinski definition) is 3. The highest BCUT2D eigenvalue weighted by atomic mass is 16.4. The van der Waals surface area contributed by atoms with Gasteiger partial charge >= 0.3 is 7.12 Å². The number of carbonyl (C=O) groups is 1. The molecule has 1 aliphatic rings. The van der Waals surface area contributed by atoms with Gasteiger partial charge in [-0.2, -0.15) is 0 Å². The Hall–Kier alpha value is -3.55. The smallest absolute Gasteiger partial charge is 0.455 e. The fourth-order valence-electron chi connectivity index (χ4n) is 4.43. The van der Waals surface area contributed by atoms with Gasteiger partial charge in [0.05, 0.1) is 5.56 Å². The summed E-state index contributed by atoms with van der Waals surface area (Å²) in [6, 6.07) is 19.2. The van der Waals surface area contributed by atoms with Crippen molar-refractivity contribution in [3.63, 3.8) is 0 Å². The van der Waals surface area contributed by atoms with Gasteiger partial charge in [-0.25, -0.2) is 0 Å². The molecule has 4 aromatic rings. The highest BCUT2D eigenvalue weighted by Gasteiger charge is 2.31. The molecule has 1 fully saturated rings. The van der Waals surface area contributed by atoms with Gasteiger partial charge in [0.25, 0.3) is 5.91 Å². The molecule has 1 aliphatic carbocycles. The number of aryl methyl sites for hydroxylation is 1. The number of nitrogens with one attached hydrogen (secondary N) is 1. The molecule has 0 saturated heterocycles. The van der Waals surface area contributed by atoms with Crippen LogP contribution in [0, 0.1) is 6.92 Å². The molecular formula is C27H27BN2O4. The van der Waals surface area contributed by atoms with Gasteiger partial charge in [0, 0.05) is 42.5 Å². The number of nitrogens with zero attached hydrogens (tertiary/aromatic N) is 1. The molecule has 1 amide bonds. The minimum atomic E-state index is -1.50. The summed E-state index contributed by atoms with van der Waals surface area (Å²) in [6.07, 6.45) is 2.22. The molecule has 34 heavy (non-hydrogen) atoms. The molecule has 5 rings (SSSR count). The maximum absolute atomic E-state index is 13.0. The molecule has 0 unspecified atom stereocenters. The first-order valence-corrected chi connectivity index (χ1v) is 11.5. The number of anilines is 2. The van der Waals surface area contributed by atoms with Crippen LogP contribution in [0.15, 0.2) is 65.1 Å². The minimum absolute atomic E-state index is 0.171. The first-order chi connectivity index (χ1) is 16.4. The summed E-state index contributed by atoms with van der Waals surface area (Å²) in [4.78, 5) is 15.0. The van der Waals surface area contributed by atoms with E-state index in [1.807, 2.05) is 56.4 Å². The summed E-state index contributed by atoms with van der Waals surface area (Å²) < 4.78 is 6.33. The number of rotatable bonds is 6. The van der Waals surface area contributed by atoms with Crippen LogP contribution in [0.4, 0.5) is 11.4 Å². The van der Waals surface area contributed by atoms with Crippen LogP contribution in [0.3, 0.4) is 0 Å². The summed E-state index contributed by atoms with van der Waals surface area (Å²) in [5, 5.41) is 22.4. The van der Waals surface area contributed by atoms with Crippen molar-refractivity contribution in [2.24, 2.45) is 0 Å². The zero-order valence-corrected chi connectivity index (χ0v) is 19.5. The van der Waals surface area contributed by atoms with Crippen molar-refractivity contribution in [1.29, 1.82) is 0 Å². The summed E-state index contributed by atoms with van der Waals surface area (Å²) in [7, 11) is 2.13. The summed E-state index contributed by atoms with van der Waals surface area (Å²) in [6.45, 7) is 2.03. The second-order valence-corrected chi connectivity index (χ2v) is 8.96. The van der Waals surface area contributed by atoms with Crippen LogP contribution in [-0.4, -0.2) is 37.2 Å². The average Bonchev–Trinajstić information content (AvgIpc) is 3.63. The van der Waals surface area contributed by atoms with E-state index in [2.05, 4.69) is 16.3 Å². The average molecular weight is 454 g/mol. The van der Waals surface area contributed by atoms with Gasteiger partial charge in [-0.3, -0.25) is 4.79 Å². The van der Waals surface area contributed by atoms with Crippen molar-refractivity contribution < 1.29 is 19.3 Å². The van der Waals surface area contributed by atoms with Crippen molar-refractivity contribution >= 4 is 40.8 Å². The maximum Gasteiger partial charge on any atom is 0.488 e. The van der Waals surface area contributed by atoms with E-state index >= 15 is 0 Å². The van der Waals surface area contributed by atoms with Gasteiger partial charge in [0.2, 0.25) is 0 Å². The van der Waals surface area contributed by atoms with Gasteiger partial charge in [-0.1, -0.05) is 42.0 Å². The molecule has 0 radical (unpaired) electrons. The fraction of sp³-hybridized carbons (Fsp3) is 0.222. The highest BCUT2D eigenvalue weighted by molar-refractivity contribution is 6.58. The SMILES string of the molecule is CNC(=O)c1c(-c2ccc(C)cc2)oc2cc(N(C)c3ccc(B(O)O)cc3)c(C3CC3)cc12. The van der Waals surface area contributed by atoms with E-state index < -0.39 is 7.12 Å². The molecule has 0 atom stereocenters. The lowest BCUT2D eigenvalue weighted by Crippen LogP contribution is -2.29. The molecule has 1 heterocycles. The Labute approximate surface area is 199 Å². The molecule has 7 heteroatoms. The van der Waals surface area contributed by atoms with Gasteiger partial charge in [-0.15, -0.1) is 0 Å². The van der Waals surface area contributed by atoms with E-state index in [0.29, 0.717) is 28.3 Å². The number of hydrogen-bond acceptors (Lipinski definition) is 5. The van der Waals surface area contributed by atoms with Crippen molar-refractivity contribution in [3.8, 4) is 11.3 Å². The summed E-state index contributed by atoms with van der Waals surface area (Å²) >= 11 is 0. The molecule has 6 nitrogen and oxygen atoms in total. The Bertz CT molecular complexity index is 1360. The largest absolute Gasteiger partial charge is 0.488 e. The lowest BCUT2D eigenvalue weighted by Gasteiger charge is -2.23. The monoisotopic (exact) mass is 454 g/mol. The molecule has 3 aromatic carbocycles. The van der Waals surface area contributed by atoms with Crippen LogP contribution in [0.25, 0.3) is 22.3 Å². The van der Waals surface area contributed by atoms with Gasteiger partial charge < -0.3 is 24.7 Å². The topological polar surface area (TPSA) is 85.9 Å². The standard InChI is InChI=1S/C27H27BN2O4/c1-16-4-6-18(7-5-16)26-25(27(31)29-2)22-14-21(17-8-9-17)23(15-24(22)34-26)30(3)20-12-10-19(11-13-20)28(32)33/h4-7,10-15,17,32-33H,8-9H2,1-3H3,(H,29,31). The lowest BCUT2D eigenvalue weighted by atomic mass is 9.80. The summed E-state index contributed by atoms with van der Waals surface area (Å²) in [5.74, 6) is 0.836. The minimum Gasteiger partial charge on any atom is -0.455 e. The van der Waals surface area contributed by atoms with E-state index in [9.17, 15) is 14.8 Å². The van der Waals surface area contributed by atoms with Crippen LogP contribution in [0.1, 0.15) is 40.2 Å².